The molecular weight excluding hydrogens is 245 g/mol. The first kappa shape index (κ1) is 9.48. The minimum Gasteiger partial charge on any atom is -0.258 e. The number of nitro benzene ring substituents is 1. The van der Waals surface area contributed by atoms with Gasteiger partial charge in [0.2, 0.25) is 0 Å². The Labute approximate surface area is 82.6 Å². The number of nitrogens with zero attached hydrogens (tertiary/aromatic N) is 1. The van der Waals surface area contributed by atoms with E-state index < -0.39 is 4.92 Å². The minimum atomic E-state index is -0.469. The molecule has 1 aromatic carbocycles. The molecule has 1 rings (SSSR count). The summed E-state index contributed by atoms with van der Waals surface area (Å²) in [6, 6.07) is 3.13. The number of nitro groups is 1. The molecule has 0 heterocycles. The van der Waals surface area contributed by atoms with E-state index in [9.17, 15) is 10.1 Å². The highest BCUT2D eigenvalue weighted by molar-refractivity contribution is 9.10. The van der Waals surface area contributed by atoms with Crippen molar-refractivity contribution in [1.82, 2.24) is 0 Å². The van der Waals surface area contributed by atoms with E-state index in [0.717, 1.165) is 5.56 Å². The summed E-state index contributed by atoms with van der Waals surface area (Å²) < 4.78 is 0.333. The smallest absolute Gasteiger partial charge is 0.258 e. The van der Waals surface area contributed by atoms with Crippen molar-refractivity contribution in [2.75, 3.05) is 0 Å². The predicted octanol–water partition coefficient (Wildman–Crippen LogP) is 3.32. The van der Waals surface area contributed by atoms with Crippen molar-refractivity contribution >= 4 is 33.2 Å². The lowest BCUT2D eigenvalue weighted by atomic mass is 10.2. The number of rotatable bonds is 1. The van der Waals surface area contributed by atoms with Gasteiger partial charge in [0.25, 0.3) is 5.69 Å². The van der Waals surface area contributed by atoms with Gasteiger partial charge in [-0.25, -0.2) is 0 Å². The van der Waals surface area contributed by atoms with Gasteiger partial charge in [-0.3, -0.25) is 10.1 Å². The average molecular weight is 250 g/mol. The summed E-state index contributed by atoms with van der Waals surface area (Å²) in [7, 11) is 0. The molecule has 3 nitrogen and oxygen atoms in total. The van der Waals surface area contributed by atoms with E-state index in [1.807, 2.05) is 0 Å². The third kappa shape index (κ3) is 1.76. The maximum Gasteiger partial charge on any atom is 0.285 e. The molecule has 0 aliphatic carbocycles. The zero-order chi connectivity index (χ0) is 9.30. The summed E-state index contributed by atoms with van der Waals surface area (Å²) in [6.07, 6.45) is 0. The monoisotopic (exact) mass is 249 g/mol. The minimum absolute atomic E-state index is 0.000000000000000222. The maximum absolute atomic E-state index is 10.4. The van der Waals surface area contributed by atoms with E-state index in [0.29, 0.717) is 9.50 Å². The number of benzene rings is 1. The highest BCUT2D eigenvalue weighted by atomic mass is 79.9. The fourth-order valence-electron chi connectivity index (χ4n) is 0.839. The Morgan fingerprint density at radius 1 is 1.58 bits per heavy atom. The molecule has 1 aromatic rings. The predicted molar refractivity (Wildman–Crippen MR) is 50.5 cm³/mol. The summed E-state index contributed by atoms with van der Waals surface area (Å²) >= 11 is 8.75. The highest BCUT2D eigenvalue weighted by Gasteiger charge is 2.14. The Kier molecular flexibility index (Phi) is 2.69. The summed E-state index contributed by atoms with van der Waals surface area (Å²) in [5, 5.41) is 10.8. The maximum atomic E-state index is 10.4. The topological polar surface area (TPSA) is 43.1 Å². The zero-order valence-electron chi connectivity index (χ0n) is 6.17. The van der Waals surface area contributed by atoms with Gasteiger partial charge in [0.15, 0.2) is 0 Å². The molecule has 0 amide bonds. The molecule has 64 valence electrons. The molecule has 0 saturated heterocycles. The lowest BCUT2D eigenvalue weighted by Gasteiger charge is -1.99. The van der Waals surface area contributed by atoms with Crippen molar-refractivity contribution in [3.05, 3.63) is 37.3 Å². The number of aryl methyl sites for hydroxylation is 1. The molecule has 0 aromatic heterocycles. The molecule has 0 atom stereocenters. The van der Waals surface area contributed by atoms with Crippen LogP contribution in [0.4, 0.5) is 5.69 Å². The summed E-state index contributed by atoms with van der Waals surface area (Å²) in [4.78, 5) is 9.97. The first-order chi connectivity index (χ1) is 5.52. The van der Waals surface area contributed by atoms with Gasteiger partial charge >= 0.3 is 0 Å². The Balaban J connectivity index is 3.37. The van der Waals surface area contributed by atoms with Crippen molar-refractivity contribution in [2.45, 2.75) is 6.92 Å². The van der Waals surface area contributed by atoms with Gasteiger partial charge in [-0.2, -0.15) is 0 Å². The molecular formula is C7H5BrClNO2. The lowest BCUT2D eigenvalue weighted by Crippen LogP contribution is -1.90. The second kappa shape index (κ2) is 3.41. The average Bonchev–Trinajstić information content (AvgIpc) is 1.96. The van der Waals surface area contributed by atoms with Gasteiger partial charge in [-0.1, -0.05) is 11.6 Å². The van der Waals surface area contributed by atoms with Crippen LogP contribution in [0.5, 0.6) is 0 Å². The normalized spacial score (nSPS) is 9.92. The van der Waals surface area contributed by atoms with E-state index >= 15 is 0 Å². The van der Waals surface area contributed by atoms with Crippen molar-refractivity contribution < 1.29 is 4.92 Å². The van der Waals surface area contributed by atoms with Gasteiger partial charge in [0, 0.05) is 6.07 Å². The number of halogens is 2. The Hall–Kier alpha value is -0.610. The second-order valence-electron chi connectivity index (χ2n) is 2.34. The standard InChI is InChI=1S/C7H5BrClNO2/c1-4-2-5(9)7(8)6(3-4)10(11)12/h2-3H,1H3. The van der Waals surface area contributed by atoms with E-state index in [2.05, 4.69) is 15.9 Å². The highest BCUT2D eigenvalue weighted by Crippen LogP contribution is 2.32. The van der Waals surface area contributed by atoms with E-state index in [4.69, 9.17) is 11.6 Å². The first-order valence-corrected chi connectivity index (χ1v) is 4.29. The molecule has 0 saturated carbocycles. The molecule has 0 radical (unpaired) electrons. The van der Waals surface area contributed by atoms with Crippen LogP contribution in [0.1, 0.15) is 5.56 Å². The van der Waals surface area contributed by atoms with Gasteiger partial charge < -0.3 is 0 Å². The molecule has 0 unspecified atom stereocenters. The fourth-order valence-corrected chi connectivity index (χ4v) is 1.48. The lowest BCUT2D eigenvalue weighted by molar-refractivity contribution is -0.385. The largest absolute Gasteiger partial charge is 0.285 e. The van der Waals surface area contributed by atoms with E-state index in [-0.39, 0.29) is 5.69 Å². The third-order valence-corrected chi connectivity index (χ3v) is 2.71. The zero-order valence-corrected chi connectivity index (χ0v) is 8.52. The van der Waals surface area contributed by atoms with Crippen LogP contribution >= 0.6 is 27.5 Å². The van der Waals surface area contributed by atoms with Crippen LogP contribution in [-0.2, 0) is 0 Å². The van der Waals surface area contributed by atoms with Gasteiger partial charge in [0.1, 0.15) is 4.47 Å². The third-order valence-electron chi connectivity index (χ3n) is 1.35. The van der Waals surface area contributed by atoms with Gasteiger partial charge in [-0.15, -0.1) is 0 Å². The molecule has 0 bridgehead atoms. The van der Waals surface area contributed by atoms with Crippen LogP contribution < -0.4 is 0 Å². The van der Waals surface area contributed by atoms with Crippen molar-refractivity contribution in [3.63, 3.8) is 0 Å². The molecule has 0 spiro atoms. The number of hydrogen-bond acceptors (Lipinski definition) is 2. The van der Waals surface area contributed by atoms with Crippen LogP contribution in [0, 0.1) is 17.0 Å². The van der Waals surface area contributed by atoms with Crippen molar-refractivity contribution in [1.29, 1.82) is 0 Å². The first-order valence-electron chi connectivity index (χ1n) is 3.12. The molecule has 0 fully saturated rings. The van der Waals surface area contributed by atoms with Crippen molar-refractivity contribution in [3.8, 4) is 0 Å². The Bertz CT molecular complexity index is 340. The van der Waals surface area contributed by atoms with E-state index in [1.54, 1.807) is 13.0 Å². The summed E-state index contributed by atoms with van der Waals surface area (Å²) in [5.74, 6) is 0. The molecule has 5 heteroatoms. The molecule has 0 N–H and O–H groups in total. The number of hydrogen-bond donors (Lipinski definition) is 0. The van der Waals surface area contributed by atoms with Gasteiger partial charge in [-0.05, 0) is 34.5 Å². The molecule has 0 aliphatic heterocycles. The Morgan fingerprint density at radius 2 is 2.17 bits per heavy atom. The van der Waals surface area contributed by atoms with E-state index in [1.165, 1.54) is 6.07 Å². The summed E-state index contributed by atoms with van der Waals surface area (Å²) in [6.45, 7) is 1.76. The van der Waals surface area contributed by atoms with Crippen LogP contribution in [0.3, 0.4) is 0 Å². The van der Waals surface area contributed by atoms with Crippen LogP contribution in [-0.4, -0.2) is 4.92 Å². The van der Waals surface area contributed by atoms with Crippen LogP contribution in [0.25, 0.3) is 0 Å². The fraction of sp³-hybridized carbons (Fsp3) is 0.143. The van der Waals surface area contributed by atoms with Gasteiger partial charge in [0.05, 0.1) is 9.95 Å². The van der Waals surface area contributed by atoms with Crippen molar-refractivity contribution in [2.24, 2.45) is 0 Å². The molecule has 0 aliphatic rings. The SMILES string of the molecule is Cc1cc(Cl)c(Br)c([N+](=O)[O-])c1. The van der Waals surface area contributed by atoms with Crippen LogP contribution in [0.2, 0.25) is 5.02 Å². The second-order valence-corrected chi connectivity index (χ2v) is 3.54. The quantitative estimate of drug-likeness (QED) is 0.567. The Morgan fingerprint density at radius 3 is 2.67 bits per heavy atom. The molecule has 12 heavy (non-hydrogen) atoms. The summed E-state index contributed by atoms with van der Waals surface area (Å²) in [5.41, 5.74) is 0.773. The van der Waals surface area contributed by atoms with Crippen LogP contribution in [0.15, 0.2) is 16.6 Å².